The number of rotatable bonds is 4. The molecule has 1 saturated carbocycles. The summed E-state index contributed by atoms with van der Waals surface area (Å²) in [5.41, 5.74) is 0. The van der Waals surface area contributed by atoms with E-state index < -0.39 is 0 Å². The van der Waals surface area contributed by atoms with E-state index in [0.29, 0.717) is 16.5 Å². The summed E-state index contributed by atoms with van der Waals surface area (Å²) in [6, 6.07) is 0. The monoisotopic (exact) mass is 213 g/mol. The lowest BCUT2D eigenvalue weighted by molar-refractivity contribution is 0.260. The van der Waals surface area contributed by atoms with Gasteiger partial charge in [0.05, 0.1) is 0 Å². The zero-order chi connectivity index (χ0) is 10.1. The maximum absolute atomic E-state index is 9.05. The summed E-state index contributed by atoms with van der Waals surface area (Å²) in [4.78, 5) is 0. The second-order valence-corrected chi connectivity index (χ2v) is 4.42. The van der Waals surface area contributed by atoms with E-state index in [1.165, 1.54) is 12.8 Å². The van der Waals surface area contributed by atoms with Crippen LogP contribution < -0.4 is 0 Å². The summed E-state index contributed by atoms with van der Waals surface area (Å²) in [7, 11) is 0. The predicted octanol–water partition coefficient (Wildman–Crippen LogP) is 1.48. The Morgan fingerprint density at radius 3 is 3.00 bits per heavy atom. The molecule has 1 aromatic rings. The molecule has 5 heteroatoms. The van der Waals surface area contributed by atoms with Crippen LogP contribution in [0.25, 0.3) is 0 Å². The molecule has 0 aliphatic heterocycles. The van der Waals surface area contributed by atoms with Crippen LogP contribution in [0.15, 0.2) is 0 Å². The zero-order valence-corrected chi connectivity index (χ0v) is 9.05. The summed E-state index contributed by atoms with van der Waals surface area (Å²) < 4.78 is 2.51. The predicted molar refractivity (Wildman–Crippen MR) is 55.2 cm³/mol. The second-order valence-electron chi connectivity index (χ2n) is 4.03. The van der Waals surface area contributed by atoms with Crippen molar-refractivity contribution in [3.63, 3.8) is 0 Å². The van der Waals surface area contributed by atoms with Crippen LogP contribution in [0.3, 0.4) is 0 Å². The van der Waals surface area contributed by atoms with Gasteiger partial charge in [-0.2, -0.15) is 5.10 Å². The molecule has 78 valence electrons. The van der Waals surface area contributed by atoms with Crippen LogP contribution in [0.4, 0.5) is 0 Å². The van der Waals surface area contributed by atoms with Gasteiger partial charge in [-0.25, -0.2) is 0 Å². The quantitative estimate of drug-likeness (QED) is 0.745. The number of nitrogens with one attached hydrogen (secondary N) is 1. The smallest absolute Gasteiger partial charge is 0.195 e. The van der Waals surface area contributed by atoms with Crippen LogP contribution in [0.2, 0.25) is 0 Å². The van der Waals surface area contributed by atoms with Crippen LogP contribution in [-0.2, 0) is 13.2 Å². The number of aliphatic hydroxyl groups excluding tert-OH is 1. The molecule has 1 heterocycles. The van der Waals surface area contributed by atoms with Gasteiger partial charge < -0.3 is 9.67 Å². The Hall–Kier alpha value is -0.680. The molecule has 0 amide bonds. The van der Waals surface area contributed by atoms with E-state index in [-0.39, 0.29) is 6.61 Å². The van der Waals surface area contributed by atoms with Crippen molar-refractivity contribution in [1.82, 2.24) is 14.8 Å². The van der Waals surface area contributed by atoms with Crippen LogP contribution in [0.5, 0.6) is 0 Å². The molecule has 0 spiro atoms. The van der Waals surface area contributed by atoms with E-state index in [4.69, 9.17) is 17.3 Å². The first kappa shape index (κ1) is 9.86. The lowest BCUT2D eigenvalue weighted by atomic mass is 10.1. The van der Waals surface area contributed by atoms with Gasteiger partial charge in [0.25, 0.3) is 0 Å². The van der Waals surface area contributed by atoms with E-state index >= 15 is 0 Å². The van der Waals surface area contributed by atoms with Gasteiger partial charge in [-0.15, -0.1) is 0 Å². The highest BCUT2D eigenvalue weighted by Gasteiger charge is 2.28. The standard InChI is InChI=1S/C9H15N3OS/c1-6(7-2-3-7)4-12-8(5-13)10-11-9(12)14/h6-7,13H,2-5H2,1H3,(H,11,14). The fourth-order valence-electron chi connectivity index (χ4n) is 1.76. The van der Waals surface area contributed by atoms with Gasteiger partial charge in [0.15, 0.2) is 10.6 Å². The highest BCUT2D eigenvalue weighted by Crippen LogP contribution is 2.37. The Balaban J connectivity index is 2.13. The molecule has 4 nitrogen and oxygen atoms in total. The third kappa shape index (κ3) is 1.88. The number of hydrogen-bond acceptors (Lipinski definition) is 3. The van der Waals surface area contributed by atoms with Crippen molar-refractivity contribution in [2.45, 2.75) is 32.9 Å². The molecule has 2 N–H and O–H groups in total. The fourth-order valence-corrected chi connectivity index (χ4v) is 1.99. The molecule has 1 aliphatic carbocycles. The van der Waals surface area contributed by atoms with Gasteiger partial charge in [0.2, 0.25) is 0 Å². The Bertz CT molecular complexity index is 366. The molecule has 2 rings (SSSR count). The van der Waals surface area contributed by atoms with Crippen molar-refractivity contribution < 1.29 is 5.11 Å². The molecular weight excluding hydrogens is 198 g/mol. The van der Waals surface area contributed by atoms with E-state index in [9.17, 15) is 0 Å². The first-order valence-electron chi connectivity index (χ1n) is 4.97. The molecule has 1 aromatic heterocycles. The summed E-state index contributed by atoms with van der Waals surface area (Å²) in [6.45, 7) is 3.05. The highest BCUT2D eigenvalue weighted by molar-refractivity contribution is 7.71. The third-order valence-electron chi connectivity index (χ3n) is 2.88. The highest BCUT2D eigenvalue weighted by atomic mass is 32.1. The SMILES string of the molecule is CC(Cn1c(CO)n[nH]c1=S)C1CC1. The summed E-state index contributed by atoms with van der Waals surface area (Å²) >= 11 is 5.10. The van der Waals surface area contributed by atoms with Crippen LogP contribution in [0, 0.1) is 16.6 Å². The van der Waals surface area contributed by atoms with Crippen LogP contribution in [0.1, 0.15) is 25.6 Å². The first-order valence-corrected chi connectivity index (χ1v) is 5.38. The first-order chi connectivity index (χ1) is 6.72. The minimum atomic E-state index is -0.0511. The zero-order valence-electron chi connectivity index (χ0n) is 8.23. The molecule has 1 fully saturated rings. The topological polar surface area (TPSA) is 53.8 Å². The average molecular weight is 213 g/mol. The Labute approximate surface area is 88.0 Å². The van der Waals surface area contributed by atoms with E-state index in [2.05, 4.69) is 17.1 Å². The molecule has 1 aliphatic rings. The van der Waals surface area contributed by atoms with Gasteiger partial charge in [-0.3, -0.25) is 5.10 Å². The van der Waals surface area contributed by atoms with Crippen molar-refractivity contribution >= 4 is 12.2 Å². The Morgan fingerprint density at radius 1 is 1.71 bits per heavy atom. The van der Waals surface area contributed by atoms with Gasteiger partial charge >= 0.3 is 0 Å². The van der Waals surface area contributed by atoms with E-state index in [0.717, 1.165) is 12.5 Å². The normalized spacial score (nSPS) is 18.4. The van der Waals surface area contributed by atoms with E-state index in [1.54, 1.807) is 0 Å². The number of H-pyrrole nitrogens is 1. The van der Waals surface area contributed by atoms with Gasteiger partial charge in [-0.05, 0) is 36.9 Å². The maximum atomic E-state index is 9.05. The maximum Gasteiger partial charge on any atom is 0.195 e. The summed E-state index contributed by atoms with van der Waals surface area (Å²) in [5, 5.41) is 15.7. The Kier molecular flexibility index (Phi) is 2.69. The van der Waals surface area contributed by atoms with Crippen molar-refractivity contribution in [2.75, 3.05) is 0 Å². The number of hydrogen-bond donors (Lipinski definition) is 2. The minimum absolute atomic E-state index is 0.0511. The lowest BCUT2D eigenvalue weighted by Crippen LogP contribution is -2.12. The summed E-state index contributed by atoms with van der Waals surface area (Å²) in [5.74, 6) is 2.12. The molecule has 14 heavy (non-hydrogen) atoms. The molecule has 1 atom stereocenters. The van der Waals surface area contributed by atoms with Gasteiger partial charge in [-0.1, -0.05) is 6.92 Å². The number of aromatic nitrogens is 3. The van der Waals surface area contributed by atoms with Gasteiger partial charge in [0, 0.05) is 6.54 Å². The summed E-state index contributed by atoms with van der Waals surface area (Å²) in [6.07, 6.45) is 2.67. The van der Waals surface area contributed by atoms with Crippen molar-refractivity contribution in [3.05, 3.63) is 10.6 Å². The number of nitrogens with zero attached hydrogens (tertiary/aromatic N) is 2. The fraction of sp³-hybridized carbons (Fsp3) is 0.778. The Morgan fingerprint density at radius 2 is 2.43 bits per heavy atom. The third-order valence-corrected chi connectivity index (χ3v) is 3.19. The van der Waals surface area contributed by atoms with Crippen LogP contribution >= 0.6 is 12.2 Å². The van der Waals surface area contributed by atoms with E-state index in [1.807, 2.05) is 4.57 Å². The molecule has 0 saturated heterocycles. The molecule has 0 radical (unpaired) electrons. The molecule has 1 unspecified atom stereocenters. The van der Waals surface area contributed by atoms with Crippen molar-refractivity contribution in [2.24, 2.45) is 11.8 Å². The molecule has 0 aromatic carbocycles. The number of aromatic amines is 1. The molecular formula is C9H15N3OS. The van der Waals surface area contributed by atoms with Crippen LogP contribution in [-0.4, -0.2) is 19.9 Å². The minimum Gasteiger partial charge on any atom is -0.388 e. The largest absolute Gasteiger partial charge is 0.388 e. The van der Waals surface area contributed by atoms with Crippen molar-refractivity contribution in [3.8, 4) is 0 Å². The van der Waals surface area contributed by atoms with Gasteiger partial charge in [0.1, 0.15) is 6.61 Å². The molecule has 0 bridgehead atoms. The average Bonchev–Trinajstić information content (AvgIpc) is 2.95. The lowest BCUT2D eigenvalue weighted by Gasteiger charge is -2.11. The van der Waals surface area contributed by atoms with Crippen molar-refractivity contribution in [1.29, 1.82) is 0 Å². The second kappa shape index (κ2) is 3.82. The number of aliphatic hydroxyl groups is 1.